The number of hydrogen-bond donors (Lipinski definition) is 3. The first-order valence-electron chi connectivity index (χ1n) is 4.80. The Labute approximate surface area is 88.5 Å². The van der Waals surface area contributed by atoms with Crippen LogP contribution in [0, 0.1) is 13.8 Å². The van der Waals surface area contributed by atoms with E-state index in [1.165, 1.54) is 11.1 Å². The highest BCUT2D eigenvalue weighted by atomic mass is 15.3. The largest absolute Gasteiger partial charge is 0.323 e. The molecule has 4 N–H and O–H groups in total. The zero-order valence-corrected chi connectivity index (χ0v) is 8.83. The first-order valence-corrected chi connectivity index (χ1v) is 4.80. The van der Waals surface area contributed by atoms with Gasteiger partial charge in [-0.1, -0.05) is 12.1 Å². The summed E-state index contributed by atoms with van der Waals surface area (Å²) in [6.45, 7) is 4.19. The van der Waals surface area contributed by atoms with Crippen molar-refractivity contribution in [2.45, 2.75) is 13.8 Å². The minimum Gasteiger partial charge on any atom is -0.323 e. The van der Waals surface area contributed by atoms with Crippen molar-refractivity contribution in [3.63, 3.8) is 0 Å². The lowest BCUT2D eigenvalue weighted by Gasteiger charge is -2.02. The molecular weight excluding hydrogens is 188 g/mol. The molecule has 0 saturated carbocycles. The van der Waals surface area contributed by atoms with Crippen LogP contribution in [0.1, 0.15) is 11.1 Å². The van der Waals surface area contributed by atoms with E-state index in [0.717, 1.165) is 11.3 Å². The molecule has 2 rings (SSSR count). The summed E-state index contributed by atoms with van der Waals surface area (Å²) in [6, 6.07) is 6.29. The number of hydrogen-bond acceptors (Lipinski definition) is 3. The lowest BCUT2D eigenvalue weighted by atomic mass is 10.1. The number of nitrogen functional groups attached to an aromatic ring is 1. The summed E-state index contributed by atoms with van der Waals surface area (Å²) in [6.07, 6.45) is 1.76. The molecule has 0 bridgehead atoms. The molecule has 1 heterocycles. The normalized spacial score (nSPS) is 10.3. The highest BCUT2D eigenvalue weighted by Crippen LogP contribution is 2.21. The van der Waals surface area contributed by atoms with Gasteiger partial charge in [-0.05, 0) is 36.6 Å². The van der Waals surface area contributed by atoms with Gasteiger partial charge >= 0.3 is 0 Å². The first kappa shape index (κ1) is 9.73. The van der Waals surface area contributed by atoms with Gasteiger partial charge < -0.3 is 4.98 Å². The number of aromatic amines is 1. The van der Waals surface area contributed by atoms with E-state index in [1.54, 1.807) is 6.20 Å². The average molecular weight is 202 g/mol. The van der Waals surface area contributed by atoms with Crippen molar-refractivity contribution in [2.75, 3.05) is 5.43 Å². The summed E-state index contributed by atoms with van der Waals surface area (Å²) < 4.78 is 0. The molecule has 1 aromatic heterocycles. The molecule has 0 aliphatic rings. The lowest BCUT2D eigenvalue weighted by Crippen LogP contribution is -2.07. The molecule has 0 aliphatic heterocycles. The maximum atomic E-state index is 5.25. The molecule has 0 atom stereocenters. The van der Waals surface area contributed by atoms with E-state index in [4.69, 9.17) is 5.84 Å². The summed E-state index contributed by atoms with van der Waals surface area (Å²) in [5, 5.41) is 0. The molecule has 78 valence electrons. The molecule has 0 unspecified atom stereocenters. The number of nitrogens with one attached hydrogen (secondary N) is 2. The summed E-state index contributed by atoms with van der Waals surface area (Å²) in [5.41, 5.74) is 7.11. The topological polar surface area (TPSA) is 66.7 Å². The Bertz CT molecular complexity index is 473. The maximum absolute atomic E-state index is 5.25. The van der Waals surface area contributed by atoms with Gasteiger partial charge in [0.05, 0.1) is 11.9 Å². The van der Waals surface area contributed by atoms with Gasteiger partial charge in [0.25, 0.3) is 0 Å². The zero-order valence-electron chi connectivity index (χ0n) is 8.83. The fourth-order valence-corrected chi connectivity index (χ4v) is 1.45. The van der Waals surface area contributed by atoms with E-state index >= 15 is 0 Å². The van der Waals surface area contributed by atoms with Crippen molar-refractivity contribution in [3.8, 4) is 11.3 Å². The van der Waals surface area contributed by atoms with E-state index in [0.29, 0.717) is 5.95 Å². The van der Waals surface area contributed by atoms with E-state index in [2.05, 4.69) is 47.4 Å². The van der Waals surface area contributed by atoms with Gasteiger partial charge in [-0.2, -0.15) is 0 Å². The molecule has 0 aliphatic carbocycles. The number of imidazole rings is 1. The smallest absolute Gasteiger partial charge is 0.215 e. The van der Waals surface area contributed by atoms with Crippen molar-refractivity contribution in [3.05, 3.63) is 35.5 Å². The minimum absolute atomic E-state index is 0.572. The Morgan fingerprint density at radius 1 is 1.27 bits per heavy atom. The van der Waals surface area contributed by atoms with Crippen molar-refractivity contribution in [2.24, 2.45) is 5.84 Å². The minimum atomic E-state index is 0.572. The fraction of sp³-hybridized carbons (Fsp3) is 0.182. The number of H-pyrrole nitrogens is 1. The van der Waals surface area contributed by atoms with Crippen molar-refractivity contribution < 1.29 is 0 Å². The van der Waals surface area contributed by atoms with E-state index in [-0.39, 0.29) is 0 Å². The number of hydrazine groups is 1. The number of nitrogens with two attached hydrogens (primary N) is 1. The van der Waals surface area contributed by atoms with Crippen LogP contribution in [0.15, 0.2) is 24.4 Å². The summed E-state index contributed by atoms with van der Waals surface area (Å²) in [5.74, 6) is 5.82. The third kappa shape index (κ3) is 1.85. The van der Waals surface area contributed by atoms with Gasteiger partial charge in [0.1, 0.15) is 0 Å². The van der Waals surface area contributed by atoms with Crippen molar-refractivity contribution >= 4 is 5.95 Å². The second-order valence-electron chi connectivity index (χ2n) is 3.59. The van der Waals surface area contributed by atoms with E-state index < -0.39 is 0 Å². The van der Waals surface area contributed by atoms with Gasteiger partial charge in [0.15, 0.2) is 0 Å². The summed E-state index contributed by atoms with van der Waals surface area (Å²) in [7, 11) is 0. The molecule has 4 heteroatoms. The first-order chi connectivity index (χ1) is 7.20. The monoisotopic (exact) mass is 202 g/mol. The molecule has 2 aromatic rings. The molecule has 4 nitrogen and oxygen atoms in total. The Kier molecular flexibility index (Phi) is 2.43. The van der Waals surface area contributed by atoms with Gasteiger partial charge in [-0.3, -0.25) is 5.43 Å². The van der Waals surface area contributed by atoms with Crippen LogP contribution in [-0.2, 0) is 0 Å². The Hall–Kier alpha value is -1.81. The molecule has 0 fully saturated rings. The number of rotatable bonds is 2. The average Bonchev–Trinajstić information content (AvgIpc) is 2.70. The highest BCUT2D eigenvalue weighted by molar-refractivity contribution is 5.61. The van der Waals surface area contributed by atoms with Gasteiger partial charge in [-0.25, -0.2) is 10.8 Å². The Balaban J connectivity index is 2.40. The van der Waals surface area contributed by atoms with Crippen LogP contribution in [0.3, 0.4) is 0 Å². The van der Waals surface area contributed by atoms with E-state index in [1.807, 2.05) is 0 Å². The second-order valence-corrected chi connectivity index (χ2v) is 3.59. The maximum Gasteiger partial charge on any atom is 0.215 e. The third-order valence-corrected chi connectivity index (χ3v) is 2.53. The highest BCUT2D eigenvalue weighted by Gasteiger charge is 2.03. The number of nitrogens with zero attached hydrogens (tertiary/aromatic N) is 1. The molecule has 0 radical (unpaired) electrons. The van der Waals surface area contributed by atoms with E-state index in [9.17, 15) is 0 Å². The number of aromatic nitrogens is 2. The van der Waals surface area contributed by atoms with Gasteiger partial charge in [0, 0.05) is 0 Å². The number of aryl methyl sites for hydroxylation is 2. The summed E-state index contributed by atoms with van der Waals surface area (Å²) in [4.78, 5) is 7.15. The van der Waals surface area contributed by atoms with Gasteiger partial charge in [-0.15, -0.1) is 0 Å². The number of anilines is 1. The molecule has 0 spiro atoms. The standard InChI is InChI=1S/C11H14N4/c1-7-3-4-9(5-8(7)2)10-6-13-11(14-10)15-12/h3-6H,12H2,1-2H3,(H2,13,14,15). The predicted octanol–water partition coefficient (Wildman–Crippen LogP) is 1.98. The van der Waals surface area contributed by atoms with Crippen LogP contribution in [0.2, 0.25) is 0 Å². The quantitative estimate of drug-likeness (QED) is 0.515. The third-order valence-electron chi connectivity index (χ3n) is 2.53. The fourth-order valence-electron chi connectivity index (χ4n) is 1.45. The van der Waals surface area contributed by atoms with Crippen LogP contribution < -0.4 is 11.3 Å². The van der Waals surface area contributed by atoms with Crippen LogP contribution in [0.5, 0.6) is 0 Å². The predicted molar refractivity (Wildman–Crippen MR) is 61.3 cm³/mol. The SMILES string of the molecule is Cc1ccc(-c2cnc(NN)[nH]2)cc1C. The van der Waals surface area contributed by atoms with Crippen LogP contribution >= 0.6 is 0 Å². The molecule has 1 aromatic carbocycles. The molecule has 0 amide bonds. The van der Waals surface area contributed by atoms with Gasteiger partial charge in [0.2, 0.25) is 5.95 Å². The Morgan fingerprint density at radius 3 is 2.67 bits per heavy atom. The molecule has 0 saturated heterocycles. The second kappa shape index (κ2) is 3.74. The zero-order chi connectivity index (χ0) is 10.8. The molecular formula is C11H14N4. The lowest BCUT2D eigenvalue weighted by molar-refractivity contribution is 1.20. The van der Waals surface area contributed by atoms with Crippen molar-refractivity contribution in [1.29, 1.82) is 0 Å². The number of benzene rings is 1. The van der Waals surface area contributed by atoms with Crippen LogP contribution in [0.4, 0.5) is 5.95 Å². The molecule has 15 heavy (non-hydrogen) atoms. The Morgan fingerprint density at radius 2 is 2.07 bits per heavy atom. The summed E-state index contributed by atoms with van der Waals surface area (Å²) >= 11 is 0. The van der Waals surface area contributed by atoms with Crippen LogP contribution in [0.25, 0.3) is 11.3 Å². The van der Waals surface area contributed by atoms with Crippen LogP contribution in [-0.4, -0.2) is 9.97 Å². The van der Waals surface area contributed by atoms with Crippen molar-refractivity contribution in [1.82, 2.24) is 9.97 Å².